The SMILES string of the molecule is CCN1CCN(C(=O)c2cc(C)nc(NCCc3ccccc3)n2)CC1. The highest BCUT2D eigenvalue weighted by molar-refractivity contribution is 5.92. The quantitative estimate of drug-likeness (QED) is 0.863. The van der Waals surface area contributed by atoms with Crippen molar-refractivity contribution in [2.45, 2.75) is 20.3 Å². The molecule has 1 aliphatic rings. The molecule has 2 aromatic rings. The molecular formula is C20H27N5O. The van der Waals surface area contributed by atoms with Gasteiger partial charge in [-0.05, 0) is 31.5 Å². The van der Waals surface area contributed by atoms with Crippen molar-refractivity contribution in [3.8, 4) is 0 Å². The highest BCUT2D eigenvalue weighted by Gasteiger charge is 2.22. The summed E-state index contributed by atoms with van der Waals surface area (Å²) < 4.78 is 0. The molecular weight excluding hydrogens is 326 g/mol. The summed E-state index contributed by atoms with van der Waals surface area (Å²) in [6.07, 6.45) is 0.889. The van der Waals surface area contributed by atoms with Gasteiger partial charge in [0, 0.05) is 38.4 Å². The second-order valence-corrected chi connectivity index (χ2v) is 6.61. The molecule has 1 N–H and O–H groups in total. The number of aryl methyl sites for hydroxylation is 1. The normalized spacial score (nSPS) is 15.1. The molecule has 1 aromatic carbocycles. The summed E-state index contributed by atoms with van der Waals surface area (Å²) in [5, 5.41) is 3.25. The van der Waals surface area contributed by atoms with Crippen LogP contribution in [0, 0.1) is 6.92 Å². The number of rotatable bonds is 6. The van der Waals surface area contributed by atoms with Crippen LogP contribution in [0.2, 0.25) is 0 Å². The van der Waals surface area contributed by atoms with Crippen molar-refractivity contribution in [1.29, 1.82) is 0 Å². The van der Waals surface area contributed by atoms with Gasteiger partial charge < -0.3 is 15.1 Å². The van der Waals surface area contributed by atoms with Crippen LogP contribution in [0.15, 0.2) is 36.4 Å². The van der Waals surface area contributed by atoms with Gasteiger partial charge in [0.05, 0.1) is 0 Å². The van der Waals surface area contributed by atoms with Gasteiger partial charge in [-0.1, -0.05) is 37.3 Å². The molecule has 3 rings (SSSR count). The van der Waals surface area contributed by atoms with Crippen LogP contribution in [-0.2, 0) is 6.42 Å². The zero-order valence-corrected chi connectivity index (χ0v) is 15.6. The fraction of sp³-hybridized carbons (Fsp3) is 0.450. The topological polar surface area (TPSA) is 61.4 Å². The van der Waals surface area contributed by atoms with Crippen molar-refractivity contribution in [2.24, 2.45) is 0 Å². The molecule has 0 saturated carbocycles. The molecule has 0 spiro atoms. The van der Waals surface area contributed by atoms with Crippen molar-refractivity contribution < 1.29 is 4.79 Å². The molecule has 6 nitrogen and oxygen atoms in total. The molecule has 0 radical (unpaired) electrons. The van der Waals surface area contributed by atoms with E-state index in [1.54, 1.807) is 6.07 Å². The summed E-state index contributed by atoms with van der Waals surface area (Å²) in [5.74, 6) is 0.522. The molecule has 0 atom stereocenters. The Labute approximate surface area is 155 Å². The van der Waals surface area contributed by atoms with Crippen molar-refractivity contribution in [3.05, 3.63) is 53.3 Å². The molecule has 2 heterocycles. The number of carbonyl (C=O) groups excluding carboxylic acids is 1. The van der Waals surface area contributed by atoms with Crippen LogP contribution in [0.25, 0.3) is 0 Å². The van der Waals surface area contributed by atoms with E-state index < -0.39 is 0 Å². The first-order chi connectivity index (χ1) is 12.7. The number of nitrogens with one attached hydrogen (secondary N) is 1. The van der Waals surface area contributed by atoms with Crippen LogP contribution < -0.4 is 5.32 Å². The summed E-state index contributed by atoms with van der Waals surface area (Å²) in [6, 6.07) is 12.1. The molecule has 1 aromatic heterocycles. The van der Waals surface area contributed by atoms with E-state index in [-0.39, 0.29) is 5.91 Å². The number of aromatic nitrogens is 2. The van der Waals surface area contributed by atoms with Gasteiger partial charge in [0.15, 0.2) is 0 Å². The summed E-state index contributed by atoms with van der Waals surface area (Å²) in [6.45, 7) is 9.18. The Kier molecular flexibility index (Phi) is 6.17. The van der Waals surface area contributed by atoms with Gasteiger partial charge in [0.25, 0.3) is 5.91 Å². The Morgan fingerprint density at radius 1 is 1.12 bits per heavy atom. The third-order valence-electron chi connectivity index (χ3n) is 4.72. The van der Waals surface area contributed by atoms with E-state index in [1.165, 1.54) is 5.56 Å². The van der Waals surface area contributed by atoms with E-state index in [0.29, 0.717) is 11.6 Å². The van der Waals surface area contributed by atoms with Crippen molar-refractivity contribution in [1.82, 2.24) is 19.8 Å². The lowest BCUT2D eigenvalue weighted by atomic mass is 10.1. The number of likely N-dealkylation sites (N-methyl/N-ethyl adjacent to an activating group) is 1. The summed E-state index contributed by atoms with van der Waals surface area (Å²) in [4.78, 5) is 25.9. The molecule has 26 heavy (non-hydrogen) atoms. The number of piperazine rings is 1. The fourth-order valence-corrected chi connectivity index (χ4v) is 3.15. The molecule has 1 fully saturated rings. The van der Waals surface area contributed by atoms with E-state index in [0.717, 1.165) is 51.4 Å². The number of hydrogen-bond acceptors (Lipinski definition) is 5. The minimum Gasteiger partial charge on any atom is -0.354 e. The first-order valence-corrected chi connectivity index (χ1v) is 9.31. The van der Waals surface area contributed by atoms with Crippen molar-refractivity contribution >= 4 is 11.9 Å². The Morgan fingerprint density at radius 3 is 2.54 bits per heavy atom. The Balaban J connectivity index is 1.61. The van der Waals surface area contributed by atoms with Crippen LogP contribution >= 0.6 is 0 Å². The molecule has 1 amide bonds. The fourth-order valence-electron chi connectivity index (χ4n) is 3.15. The Morgan fingerprint density at radius 2 is 1.85 bits per heavy atom. The Hall–Kier alpha value is -2.47. The predicted molar refractivity (Wildman–Crippen MR) is 103 cm³/mol. The third-order valence-corrected chi connectivity index (χ3v) is 4.72. The van der Waals surface area contributed by atoms with Gasteiger partial charge in [-0.25, -0.2) is 9.97 Å². The largest absolute Gasteiger partial charge is 0.354 e. The van der Waals surface area contributed by atoms with E-state index in [4.69, 9.17) is 0 Å². The van der Waals surface area contributed by atoms with E-state index >= 15 is 0 Å². The van der Waals surface area contributed by atoms with Crippen LogP contribution in [0.3, 0.4) is 0 Å². The first kappa shape index (κ1) is 18.3. The van der Waals surface area contributed by atoms with E-state index in [9.17, 15) is 4.79 Å². The van der Waals surface area contributed by atoms with Gasteiger partial charge in [0.1, 0.15) is 5.69 Å². The number of benzene rings is 1. The highest BCUT2D eigenvalue weighted by atomic mass is 16.2. The van der Waals surface area contributed by atoms with Crippen LogP contribution in [0.4, 0.5) is 5.95 Å². The minimum atomic E-state index is -0.00244. The van der Waals surface area contributed by atoms with Gasteiger partial charge in [0.2, 0.25) is 5.95 Å². The molecule has 1 saturated heterocycles. The van der Waals surface area contributed by atoms with Crippen molar-refractivity contribution in [3.63, 3.8) is 0 Å². The van der Waals surface area contributed by atoms with Gasteiger partial charge in [-0.2, -0.15) is 0 Å². The number of nitrogens with zero attached hydrogens (tertiary/aromatic N) is 4. The average Bonchev–Trinajstić information content (AvgIpc) is 2.68. The maximum atomic E-state index is 12.8. The molecule has 0 bridgehead atoms. The monoisotopic (exact) mass is 353 g/mol. The summed E-state index contributed by atoms with van der Waals surface area (Å²) >= 11 is 0. The number of anilines is 1. The van der Waals surface area contributed by atoms with Gasteiger partial charge in [-0.3, -0.25) is 4.79 Å². The average molecular weight is 353 g/mol. The summed E-state index contributed by atoms with van der Waals surface area (Å²) in [7, 11) is 0. The zero-order valence-electron chi connectivity index (χ0n) is 15.6. The van der Waals surface area contributed by atoms with Gasteiger partial charge in [-0.15, -0.1) is 0 Å². The Bertz CT molecular complexity index is 726. The van der Waals surface area contributed by atoms with Crippen LogP contribution in [0.5, 0.6) is 0 Å². The lowest BCUT2D eigenvalue weighted by molar-refractivity contribution is 0.0637. The second-order valence-electron chi connectivity index (χ2n) is 6.61. The smallest absolute Gasteiger partial charge is 0.272 e. The zero-order chi connectivity index (χ0) is 18.4. The highest BCUT2D eigenvalue weighted by Crippen LogP contribution is 2.11. The lowest BCUT2D eigenvalue weighted by Gasteiger charge is -2.33. The minimum absolute atomic E-state index is 0.00244. The predicted octanol–water partition coefficient (Wildman–Crippen LogP) is 2.22. The molecule has 1 aliphatic heterocycles. The maximum Gasteiger partial charge on any atom is 0.272 e. The standard InChI is InChI=1S/C20H27N5O/c1-3-24-11-13-25(14-12-24)19(26)18-15-16(2)22-20(23-18)21-10-9-17-7-5-4-6-8-17/h4-8,15H,3,9-14H2,1-2H3,(H,21,22,23). The molecule has 6 heteroatoms. The number of carbonyl (C=O) groups is 1. The van der Waals surface area contributed by atoms with E-state index in [1.807, 2.05) is 30.0 Å². The molecule has 138 valence electrons. The van der Waals surface area contributed by atoms with Crippen LogP contribution in [-0.4, -0.2) is 64.9 Å². The van der Waals surface area contributed by atoms with Gasteiger partial charge >= 0.3 is 0 Å². The van der Waals surface area contributed by atoms with Crippen molar-refractivity contribution in [2.75, 3.05) is 44.6 Å². The summed E-state index contributed by atoms with van der Waals surface area (Å²) in [5.41, 5.74) is 2.54. The lowest BCUT2D eigenvalue weighted by Crippen LogP contribution is -2.48. The first-order valence-electron chi connectivity index (χ1n) is 9.31. The third kappa shape index (κ3) is 4.79. The maximum absolute atomic E-state index is 12.8. The molecule has 0 aliphatic carbocycles. The van der Waals surface area contributed by atoms with Crippen LogP contribution in [0.1, 0.15) is 28.7 Å². The second kappa shape index (κ2) is 8.76. The number of amides is 1. The van der Waals surface area contributed by atoms with E-state index in [2.05, 4.69) is 39.2 Å². The number of hydrogen-bond donors (Lipinski definition) is 1. The molecule has 0 unspecified atom stereocenters.